The van der Waals surface area contributed by atoms with Crippen LogP contribution >= 0.6 is 11.6 Å². The lowest BCUT2D eigenvalue weighted by atomic mass is 10.2. The van der Waals surface area contributed by atoms with Crippen molar-refractivity contribution in [1.82, 2.24) is 5.43 Å². The van der Waals surface area contributed by atoms with Gasteiger partial charge in [-0.05, 0) is 67.9 Å². The zero-order valence-corrected chi connectivity index (χ0v) is 16.3. The van der Waals surface area contributed by atoms with Gasteiger partial charge >= 0.3 is 5.97 Å². The SMILES string of the molecule is CC(C)OC(=O)COc1ccc(/C=N\NC(=O)COc2ccc(Cl)cc2)cc1. The third kappa shape index (κ3) is 8.09. The van der Waals surface area contributed by atoms with Crippen LogP contribution in [0.3, 0.4) is 0 Å². The Bertz CT molecular complexity index is 804. The molecule has 0 spiro atoms. The predicted molar refractivity (Wildman–Crippen MR) is 106 cm³/mol. The van der Waals surface area contributed by atoms with E-state index in [4.69, 9.17) is 25.8 Å². The Hall–Kier alpha value is -3.06. The molecule has 0 aliphatic carbocycles. The van der Waals surface area contributed by atoms with Crippen molar-refractivity contribution in [3.63, 3.8) is 0 Å². The maximum Gasteiger partial charge on any atom is 0.344 e. The number of nitrogens with zero attached hydrogens (tertiary/aromatic N) is 1. The van der Waals surface area contributed by atoms with Crippen molar-refractivity contribution in [1.29, 1.82) is 0 Å². The van der Waals surface area contributed by atoms with Crippen LogP contribution in [0.5, 0.6) is 11.5 Å². The summed E-state index contributed by atoms with van der Waals surface area (Å²) in [7, 11) is 0. The number of rotatable bonds is 9. The zero-order chi connectivity index (χ0) is 20.4. The number of hydrogen-bond acceptors (Lipinski definition) is 6. The number of hydrogen-bond donors (Lipinski definition) is 1. The molecule has 148 valence electrons. The number of amides is 1. The van der Waals surface area contributed by atoms with Gasteiger partial charge in [0.1, 0.15) is 11.5 Å². The molecule has 2 rings (SSSR count). The Labute approximate surface area is 168 Å². The van der Waals surface area contributed by atoms with Gasteiger partial charge in [0.05, 0.1) is 12.3 Å². The van der Waals surface area contributed by atoms with Gasteiger partial charge in [0, 0.05) is 5.02 Å². The van der Waals surface area contributed by atoms with Crippen LogP contribution in [0, 0.1) is 0 Å². The molecule has 0 heterocycles. The second-order valence-corrected chi connectivity index (χ2v) is 6.37. The van der Waals surface area contributed by atoms with Crippen molar-refractivity contribution < 1.29 is 23.8 Å². The summed E-state index contributed by atoms with van der Waals surface area (Å²) in [5.41, 5.74) is 3.12. The van der Waals surface area contributed by atoms with Gasteiger partial charge in [0.15, 0.2) is 13.2 Å². The first-order chi connectivity index (χ1) is 13.4. The molecular weight excluding hydrogens is 384 g/mol. The lowest BCUT2D eigenvalue weighted by Crippen LogP contribution is -2.24. The third-order valence-electron chi connectivity index (χ3n) is 3.19. The molecule has 1 N–H and O–H groups in total. The first kappa shape index (κ1) is 21.2. The Balaban J connectivity index is 1.72. The highest BCUT2D eigenvalue weighted by Crippen LogP contribution is 2.15. The first-order valence-corrected chi connectivity index (χ1v) is 8.93. The van der Waals surface area contributed by atoms with E-state index < -0.39 is 11.9 Å². The van der Waals surface area contributed by atoms with Gasteiger partial charge in [-0.2, -0.15) is 5.10 Å². The average Bonchev–Trinajstić information content (AvgIpc) is 2.66. The molecule has 0 saturated heterocycles. The topological polar surface area (TPSA) is 86.2 Å². The minimum atomic E-state index is -0.427. The van der Waals surface area contributed by atoms with Gasteiger partial charge in [0.2, 0.25) is 0 Å². The molecule has 0 aliphatic heterocycles. The number of halogens is 1. The van der Waals surface area contributed by atoms with Gasteiger partial charge in [-0.25, -0.2) is 10.2 Å². The first-order valence-electron chi connectivity index (χ1n) is 8.55. The summed E-state index contributed by atoms with van der Waals surface area (Å²) in [6.45, 7) is 3.22. The van der Waals surface area contributed by atoms with Crippen LogP contribution in [-0.4, -0.2) is 37.4 Å². The summed E-state index contributed by atoms with van der Waals surface area (Å²) in [4.78, 5) is 23.1. The Kier molecular flexibility index (Phi) is 8.30. The van der Waals surface area contributed by atoms with E-state index in [0.717, 1.165) is 5.56 Å². The van der Waals surface area contributed by atoms with Crippen molar-refractivity contribution in [2.45, 2.75) is 20.0 Å². The normalized spacial score (nSPS) is 10.7. The Morgan fingerprint density at radius 2 is 1.57 bits per heavy atom. The summed E-state index contributed by atoms with van der Waals surface area (Å²) >= 11 is 5.78. The summed E-state index contributed by atoms with van der Waals surface area (Å²) in [5, 5.41) is 4.45. The molecule has 7 nitrogen and oxygen atoms in total. The summed E-state index contributed by atoms with van der Waals surface area (Å²) in [6, 6.07) is 13.5. The fourth-order valence-electron chi connectivity index (χ4n) is 1.98. The molecule has 0 atom stereocenters. The molecular formula is C20H21ClN2O5. The number of nitrogens with one attached hydrogen (secondary N) is 1. The van der Waals surface area contributed by atoms with E-state index in [-0.39, 0.29) is 19.3 Å². The zero-order valence-electron chi connectivity index (χ0n) is 15.6. The van der Waals surface area contributed by atoms with Crippen molar-refractivity contribution >= 4 is 29.7 Å². The van der Waals surface area contributed by atoms with Crippen molar-refractivity contribution in [3.05, 3.63) is 59.1 Å². The van der Waals surface area contributed by atoms with E-state index in [9.17, 15) is 9.59 Å². The molecule has 8 heteroatoms. The maximum atomic E-state index is 11.7. The second-order valence-electron chi connectivity index (χ2n) is 5.93. The third-order valence-corrected chi connectivity index (χ3v) is 3.44. The molecule has 2 aromatic rings. The summed E-state index contributed by atoms with van der Waals surface area (Å²) in [6.07, 6.45) is 1.30. The highest BCUT2D eigenvalue weighted by Gasteiger charge is 2.06. The number of esters is 1. The number of carbonyl (C=O) groups excluding carboxylic acids is 2. The molecule has 0 radical (unpaired) electrons. The van der Waals surface area contributed by atoms with E-state index >= 15 is 0 Å². The van der Waals surface area contributed by atoms with E-state index in [1.165, 1.54) is 6.21 Å². The highest BCUT2D eigenvalue weighted by molar-refractivity contribution is 6.30. The minimum Gasteiger partial charge on any atom is -0.484 e. The molecule has 0 saturated carbocycles. The molecule has 0 aliphatic rings. The predicted octanol–water partition coefficient (Wildman–Crippen LogP) is 3.20. The number of ether oxygens (including phenoxy) is 3. The van der Waals surface area contributed by atoms with Gasteiger partial charge in [-0.1, -0.05) is 11.6 Å². The van der Waals surface area contributed by atoms with Crippen molar-refractivity contribution in [2.75, 3.05) is 13.2 Å². The quantitative estimate of drug-likeness (QED) is 0.394. The Morgan fingerprint density at radius 3 is 2.18 bits per heavy atom. The van der Waals surface area contributed by atoms with Gasteiger partial charge in [-0.3, -0.25) is 4.79 Å². The smallest absolute Gasteiger partial charge is 0.344 e. The molecule has 2 aromatic carbocycles. The fraction of sp³-hybridized carbons (Fsp3) is 0.250. The van der Waals surface area contributed by atoms with Crippen LogP contribution in [0.4, 0.5) is 0 Å². The lowest BCUT2D eigenvalue weighted by molar-refractivity contribution is -0.149. The minimum absolute atomic E-state index is 0.157. The summed E-state index contributed by atoms with van der Waals surface area (Å²) < 4.78 is 15.6. The van der Waals surface area contributed by atoms with Gasteiger partial charge < -0.3 is 14.2 Å². The lowest BCUT2D eigenvalue weighted by Gasteiger charge is -2.09. The number of carbonyl (C=O) groups is 2. The molecule has 0 aromatic heterocycles. The van der Waals surface area contributed by atoms with E-state index in [2.05, 4.69) is 10.5 Å². The summed E-state index contributed by atoms with van der Waals surface area (Å²) in [5.74, 6) is 0.244. The van der Waals surface area contributed by atoms with Crippen molar-refractivity contribution in [2.24, 2.45) is 5.10 Å². The van der Waals surface area contributed by atoms with Gasteiger partial charge in [-0.15, -0.1) is 0 Å². The van der Waals surface area contributed by atoms with Crippen LogP contribution < -0.4 is 14.9 Å². The number of hydrazone groups is 1. The highest BCUT2D eigenvalue weighted by atomic mass is 35.5. The van der Waals surface area contributed by atoms with Crippen LogP contribution in [0.2, 0.25) is 5.02 Å². The van der Waals surface area contributed by atoms with E-state index in [0.29, 0.717) is 16.5 Å². The monoisotopic (exact) mass is 404 g/mol. The standard InChI is InChI=1S/C20H21ClN2O5/c1-14(2)28-20(25)13-27-17-7-3-15(4-8-17)11-22-23-19(24)12-26-18-9-5-16(21)6-10-18/h3-11,14H,12-13H2,1-2H3,(H,23,24)/b22-11-. The maximum absolute atomic E-state index is 11.7. The average molecular weight is 405 g/mol. The molecule has 28 heavy (non-hydrogen) atoms. The number of benzene rings is 2. The van der Waals surface area contributed by atoms with Gasteiger partial charge in [0.25, 0.3) is 5.91 Å². The molecule has 0 unspecified atom stereocenters. The van der Waals surface area contributed by atoms with E-state index in [1.54, 1.807) is 62.4 Å². The Morgan fingerprint density at radius 1 is 1.00 bits per heavy atom. The van der Waals surface area contributed by atoms with Crippen LogP contribution in [0.25, 0.3) is 0 Å². The van der Waals surface area contributed by atoms with Crippen LogP contribution in [0.1, 0.15) is 19.4 Å². The van der Waals surface area contributed by atoms with Crippen LogP contribution in [-0.2, 0) is 14.3 Å². The fourth-order valence-corrected chi connectivity index (χ4v) is 2.11. The van der Waals surface area contributed by atoms with Crippen molar-refractivity contribution in [3.8, 4) is 11.5 Å². The van der Waals surface area contributed by atoms with Crippen LogP contribution in [0.15, 0.2) is 53.6 Å². The largest absolute Gasteiger partial charge is 0.484 e. The second kappa shape index (κ2) is 10.9. The molecule has 0 bridgehead atoms. The van der Waals surface area contributed by atoms with E-state index in [1.807, 2.05) is 0 Å². The molecule has 1 amide bonds. The molecule has 0 fully saturated rings.